The molecule has 1 saturated carbocycles. The fraction of sp³-hybridized carbons (Fsp3) is 0.391. The van der Waals surface area contributed by atoms with E-state index in [1.54, 1.807) is 6.07 Å². The van der Waals surface area contributed by atoms with Crippen LogP contribution in [0.4, 0.5) is 0 Å². The zero-order valence-corrected chi connectivity index (χ0v) is 15.2. The molecule has 0 aromatic heterocycles. The summed E-state index contributed by atoms with van der Waals surface area (Å²) >= 11 is 0. The smallest absolute Gasteiger partial charge is 0.307 e. The van der Waals surface area contributed by atoms with Crippen LogP contribution in [-0.2, 0) is 22.4 Å². The van der Waals surface area contributed by atoms with Crippen LogP contribution in [0.15, 0.2) is 48.5 Å². The number of carboxylic acid groups (broad SMARTS) is 1. The van der Waals surface area contributed by atoms with Crippen LogP contribution < -0.4 is 0 Å². The molecule has 2 aliphatic carbocycles. The van der Waals surface area contributed by atoms with Crippen molar-refractivity contribution in [3.63, 3.8) is 0 Å². The van der Waals surface area contributed by atoms with Crippen molar-refractivity contribution in [3.8, 4) is 5.75 Å². The summed E-state index contributed by atoms with van der Waals surface area (Å²) in [7, 11) is 0. The van der Waals surface area contributed by atoms with Gasteiger partial charge in [-0.15, -0.1) is 0 Å². The van der Waals surface area contributed by atoms with Crippen molar-refractivity contribution >= 4 is 11.8 Å². The summed E-state index contributed by atoms with van der Waals surface area (Å²) in [5.41, 5.74) is 3.59. The summed E-state index contributed by atoms with van der Waals surface area (Å²) < 4.78 is 0. The molecule has 4 unspecified atom stereocenters. The highest BCUT2D eigenvalue weighted by Gasteiger charge is 2.48. The molecule has 2 N–H and O–H groups in total. The molecule has 0 spiro atoms. The summed E-state index contributed by atoms with van der Waals surface area (Å²) in [4.78, 5) is 23.7. The molecule has 0 heterocycles. The van der Waals surface area contributed by atoms with E-state index < -0.39 is 11.9 Å². The zero-order valence-electron chi connectivity index (χ0n) is 15.2. The number of benzene rings is 2. The molecule has 4 atom stereocenters. The van der Waals surface area contributed by atoms with Gasteiger partial charge in [0.05, 0.1) is 5.92 Å². The van der Waals surface area contributed by atoms with Crippen LogP contribution in [-0.4, -0.2) is 22.0 Å². The number of Topliss-reactive ketones (excluding diaryl/α,β-unsaturated/α-hetero) is 1. The highest BCUT2D eigenvalue weighted by molar-refractivity contribution is 5.91. The number of aliphatic carboxylic acids is 1. The highest BCUT2D eigenvalue weighted by Crippen LogP contribution is 2.45. The molecule has 27 heavy (non-hydrogen) atoms. The summed E-state index contributed by atoms with van der Waals surface area (Å²) in [5, 5.41) is 19.1. The van der Waals surface area contributed by atoms with Crippen molar-refractivity contribution in [3.05, 3.63) is 65.2 Å². The van der Waals surface area contributed by atoms with Gasteiger partial charge in [-0.05, 0) is 66.3 Å². The van der Waals surface area contributed by atoms with Crippen LogP contribution in [0.1, 0.15) is 41.9 Å². The summed E-state index contributed by atoms with van der Waals surface area (Å²) in [5.74, 6) is -0.944. The van der Waals surface area contributed by atoms with Crippen molar-refractivity contribution in [2.24, 2.45) is 17.8 Å². The standard InChI is InChI=1S/C23H24O4/c24-17-9-8-15-6-7-16(11-22(25)20-13-21(20)23(26)27)18(19(15)12-17)10-14-4-2-1-3-5-14/h1-5,8-9,12,16,18,20-21,24H,6-7,10-11,13H2,(H,26,27). The lowest BCUT2D eigenvalue weighted by atomic mass is 9.70. The van der Waals surface area contributed by atoms with Crippen molar-refractivity contribution in [1.29, 1.82) is 0 Å². The van der Waals surface area contributed by atoms with E-state index in [0.29, 0.717) is 12.8 Å². The molecule has 0 radical (unpaired) electrons. The Bertz CT molecular complexity index is 858. The predicted molar refractivity (Wildman–Crippen MR) is 102 cm³/mol. The lowest BCUT2D eigenvalue weighted by molar-refractivity contribution is -0.140. The second kappa shape index (κ2) is 7.18. The minimum atomic E-state index is -0.854. The van der Waals surface area contributed by atoms with Crippen LogP contribution in [0.2, 0.25) is 0 Å². The van der Waals surface area contributed by atoms with E-state index in [1.165, 1.54) is 11.1 Å². The van der Waals surface area contributed by atoms with Gasteiger partial charge >= 0.3 is 5.97 Å². The SMILES string of the molecule is O=C(O)C1CC1C(=O)CC1CCc2ccc(O)cc2C1Cc1ccccc1. The first kappa shape index (κ1) is 17.8. The van der Waals surface area contributed by atoms with Crippen molar-refractivity contribution < 1.29 is 19.8 Å². The van der Waals surface area contributed by atoms with E-state index in [9.17, 15) is 14.7 Å². The van der Waals surface area contributed by atoms with Gasteiger partial charge < -0.3 is 10.2 Å². The third kappa shape index (κ3) is 3.75. The van der Waals surface area contributed by atoms with E-state index in [0.717, 1.165) is 24.8 Å². The number of fused-ring (bicyclic) bond motifs is 1. The summed E-state index contributed by atoms with van der Waals surface area (Å²) in [6, 6.07) is 15.8. The van der Waals surface area contributed by atoms with Gasteiger partial charge in [-0.3, -0.25) is 9.59 Å². The Morgan fingerprint density at radius 1 is 1.04 bits per heavy atom. The molecule has 1 fully saturated rings. The Hall–Kier alpha value is -2.62. The number of carbonyl (C=O) groups is 2. The van der Waals surface area contributed by atoms with Crippen LogP contribution in [0.3, 0.4) is 0 Å². The van der Waals surface area contributed by atoms with Gasteiger partial charge in [0.1, 0.15) is 11.5 Å². The fourth-order valence-corrected chi connectivity index (χ4v) is 4.57. The second-order valence-corrected chi connectivity index (χ2v) is 7.94. The topological polar surface area (TPSA) is 74.6 Å². The molecule has 0 amide bonds. The number of carboxylic acids is 1. The zero-order chi connectivity index (χ0) is 19.0. The lowest BCUT2D eigenvalue weighted by Crippen LogP contribution is -2.26. The van der Waals surface area contributed by atoms with Gasteiger partial charge in [-0.25, -0.2) is 0 Å². The van der Waals surface area contributed by atoms with Crippen molar-refractivity contribution in [2.45, 2.75) is 38.0 Å². The Morgan fingerprint density at radius 3 is 2.52 bits per heavy atom. The molecule has 4 nitrogen and oxygen atoms in total. The Balaban J connectivity index is 1.58. The van der Waals surface area contributed by atoms with Crippen LogP contribution in [0, 0.1) is 17.8 Å². The summed E-state index contributed by atoms with van der Waals surface area (Å²) in [6.45, 7) is 0. The van der Waals surface area contributed by atoms with Gasteiger partial charge in [0.15, 0.2) is 0 Å². The first-order chi connectivity index (χ1) is 13.0. The second-order valence-electron chi connectivity index (χ2n) is 7.94. The molecule has 2 aromatic carbocycles. The molecule has 4 rings (SSSR count). The number of rotatable bonds is 6. The van der Waals surface area contributed by atoms with E-state index in [2.05, 4.69) is 12.1 Å². The van der Waals surface area contributed by atoms with E-state index in [-0.39, 0.29) is 29.3 Å². The molecular formula is C23H24O4. The van der Waals surface area contributed by atoms with E-state index in [1.807, 2.05) is 30.3 Å². The largest absolute Gasteiger partial charge is 0.508 e. The minimum absolute atomic E-state index is 0.0917. The van der Waals surface area contributed by atoms with Gasteiger partial charge in [-0.2, -0.15) is 0 Å². The van der Waals surface area contributed by atoms with E-state index in [4.69, 9.17) is 5.11 Å². The third-order valence-corrected chi connectivity index (χ3v) is 6.17. The number of phenolic OH excluding ortho intramolecular Hbond substituents is 1. The Kier molecular flexibility index (Phi) is 4.73. The number of aromatic hydroxyl groups is 1. The van der Waals surface area contributed by atoms with Gasteiger partial charge in [-0.1, -0.05) is 36.4 Å². The maximum Gasteiger partial charge on any atom is 0.307 e. The molecular weight excluding hydrogens is 340 g/mol. The fourth-order valence-electron chi connectivity index (χ4n) is 4.57. The molecule has 0 bridgehead atoms. The number of hydrogen-bond acceptors (Lipinski definition) is 3. The Labute approximate surface area is 158 Å². The Morgan fingerprint density at radius 2 is 1.81 bits per heavy atom. The number of ketones is 1. The maximum atomic E-state index is 12.7. The highest BCUT2D eigenvalue weighted by atomic mass is 16.4. The first-order valence-corrected chi connectivity index (χ1v) is 9.64. The van der Waals surface area contributed by atoms with Gasteiger partial charge in [0.25, 0.3) is 0 Å². The normalized spacial score (nSPS) is 26.2. The number of hydrogen-bond donors (Lipinski definition) is 2. The lowest BCUT2D eigenvalue weighted by Gasteiger charge is -2.34. The number of carbonyl (C=O) groups excluding carboxylic acids is 1. The molecule has 140 valence electrons. The van der Waals surface area contributed by atoms with Gasteiger partial charge in [0, 0.05) is 12.3 Å². The molecule has 2 aromatic rings. The first-order valence-electron chi connectivity index (χ1n) is 9.64. The molecule has 4 heteroatoms. The predicted octanol–water partition coefficient (Wildman–Crippen LogP) is 3.96. The number of aryl methyl sites for hydroxylation is 1. The average Bonchev–Trinajstić information content (AvgIpc) is 3.46. The molecule has 2 aliphatic rings. The third-order valence-electron chi connectivity index (χ3n) is 6.17. The molecule has 0 aliphatic heterocycles. The maximum absolute atomic E-state index is 12.7. The minimum Gasteiger partial charge on any atom is -0.508 e. The summed E-state index contributed by atoms with van der Waals surface area (Å²) in [6.07, 6.45) is 3.56. The number of phenols is 1. The quantitative estimate of drug-likeness (QED) is 0.814. The van der Waals surface area contributed by atoms with Crippen molar-refractivity contribution in [1.82, 2.24) is 0 Å². The molecule has 0 saturated heterocycles. The van der Waals surface area contributed by atoms with Crippen LogP contribution in [0.25, 0.3) is 0 Å². The van der Waals surface area contributed by atoms with Crippen LogP contribution >= 0.6 is 0 Å². The van der Waals surface area contributed by atoms with Crippen molar-refractivity contribution in [2.75, 3.05) is 0 Å². The van der Waals surface area contributed by atoms with Gasteiger partial charge in [0.2, 0.25) is 0 Å². The monoisotopic (exact) mass is 364 g/mol. The van der Waals surface area contributed by atoms with Crippen LogP contribution in [0.5, 0.6) is 5.75 Å². The van der Waals surface area contributed by atoms with E-state index >= 15 is 0 Å². The average molecular weight is 364 g/mol.